The number of fused-ring (bicyclic) bond motifs is 6. The molecule has 0 N–H and O–H groups in total. The number of furan rings is 1. The molecule has 0 radical (unpaired) electrons. The lowest BCUT2D eigenvalue weighted by Crippen LogP contribution is -2.11. The van der Waals surface area contributed by atoms with Crippen LogP contribution in [-0.4, -0.2) is 4.57 Å². The first kappa shape index (κ1) is 40.1. The van der Waals surface area contributed by atoms with Gasteiger partial charge in [0.2, 0.25) is 0 Å². The second-order valence-electron chi connectivity index (χ2n) is 17.6. The molecule has 0 fully saturated rings. The molecule has 0 aliphatic heterocycles. The zero-order valence-electron chi connectivity index (χ0n) is 37.7. The number of hydrogen-bond donors (Lipinski definition) is 0. The van der Waals surface area contributed by atoms with Crippen molar-refractivity contribution in [2.24, 2.45) is 0 Å². The molecule has 11 aromatic carbocycles. The third-order valence-corrected chi connectivity index (χ3v) is 13.6. The van der Waals surface area contributed by atoms with Gasteiger partial charge in [0.05, 0.1) is 16.7 Å². The van der Waals surface area contributed by atoms with E-state index in [9.17, 15) is 0 Å². The van der Waals surface area contributed by atoms with Crippen LogP contribution in [0, 0.1) is 0 Å². The molecule has 13 aromatic rings. The van der Waals surface area contributed by atoms with Crippen molar-refractivity contribution in [2.45, 2.75) is 0 Å². The van der Waals surface area contributed by atoms with Crippen LogP contribution in [0.1, 0.15) is 0 Å². The van der Waals surface area contributed by atoms with Crippen molar-refractivity contribution in [3.63, 3.8) is 0 Å². The van der Waals surface area contributed by atoms with E-state index in [1.54, 1.807) is 0 Å². The summed E-state index contributed by atoms with van der Waals surface area (Å²) in [7, 11) is 0. The SMILES string of the molecule is c1ccc(-c2ccccc2-c2ccccc2-c2ccccc2N(c2ccc(-c3cccc4c3oc3ccccc34)cc2)c2cccc(-c3cccc4c3c3ccccc3n4-c3ccccc3)c2)cc1. The monoisotopic (exact) mass is 880 g/mol. The first-order chi connectivity index (χ1) is 34.3. The van der Waals surface area contributed by atoms with E-state index in [0.717, 1.165) is 72.5 Å². The maximum absolute atomic E-state index is 6.53. The Morgan fingerprint density at radius 2 is 0.826 bits per heavy atom. The van der Waals surface area contributed by atoms with Gasteiger partial charge in [-0.2, -0.15) is 0 Å². The molecule has 0 amide bonds. The summed E-state index contributed by atoms with van der Waals surface area (Å²) in [5.41, 5.74) is 20.0. The predicted octanol–water partition coefficient (Wildman–Crippen LogP) is 18.5. The standard InChI is InChI=1S/C66H44N2O/c1-3-20-45(21-4-1)51-26-7-8-27-54(51)55-28-9-10-29-56(55)57-30-11-14-36-61(57)67(49-42-40-46(41-43-49)53-34-18-35-59-58-31-13-16-39-64(58)69-66(53)59)50-25-17-22-47(44-50)52-33-19-38-63-65(52)60-32-12-15-37-62(60)68(63)48-23-5-2-6-24-48/h1-44H. The fraction of sp³-hybridized carbons (Fsp3) is 0. The van der Waals surface area contributed by atoms with Crippen molar-refractivity contribution < 1.29 is 4.42 Å². The lowest BCUT2D eigenvalue weighted by atomic mass is 9.88. The van der Waals surface area contributed by atoms with E-state index in [-0.39, 0.29) is 0 Å². The summed E-state index contributed by atoms with van der Waals surface area (Å²) in [6.45, 7) is 0. The van der Waals surface area contributed by atoms with E-state index in [1.165, 1.54) is 49.6 Å². The largest absolute Gasteiger partial charge is 0.455 e. The molecule has 0 saturated carbocycles. The van der Waals surface area contributed by atoms with Crippen LogP contribution < -0.4 is 4.90 Å². The molecule has 0 aliphatic carbocycles. The highest BCUT2D eigenvalue weighted by molar-refractivity contribution is 6.16. The summed E-state index contributed by atoms with van der Waals surface area (Å²) < 4.78 is 8.92. The van der Waals surface area contributed by atoms with Crippen molar-refractivity contribution in [2.75, 3.05) is 4.90 Å². The summed E-state index contributed by atoms with van der Waals surface area (Å²) in [6.07, 6.45) is 0. The Bertz CT molecular complexity index is 4010. The average molecular weight is 881 g/mol. The van der Waals surface area contributed by atoms with Gasteiger partial charge in [-0.15, -0.1) is 0 Å². The highest BCUT2D eigenvalue weighted by Gasteiger charge is 2.23. The molecule has 0 unspecified atom stereocenters. The molecule has 3 nitrogen and oxygen atoms in total. The van der Waals surface area contributed by atoms with Crippen LogP contribution >= 0.6 is 0 Å². The van der Waals surface area contributed by atoms with E-state index in [0.29, 0.717) is 0 Å². The molecular formula is C66H44N2O. The first-order valence-electron chi connectivity index (χ1n) is 23.6. The van der Waals surface area contributed by atoms with Crippen molar-refractivity contribution >= 4 is 60.8 Å². The molecule has 13 rings (SSSR count). The average Bonchev–Trinajstić information content (AvgIpc) is 3.98. The fourth-order valence-corrected chi connectivity index (χ4v) is 10.6. The summed E-state index contributed by atoms with van der Waals surface area (Å²) >= 11 is 0. The van der Waals surface area contributed by atoms with Gasteiger partial charge in [0.25, 0.3) is 0 Å². The van der Waals surface area contributed by atoms with E-state index in [2.05, 4.69) is 264 Å². The van der Waals surface area contributed by atoms with E-state index in [1.807, 2.05) is 12.1 Å². The van der Waals surface area contributed by atoms with Crippen molar-refractivity contribution in [3.8, 4) is 61.3 Å². The van der Waals surface area contributed by atoms with Gasteiger partial charge in [0, 0.05) is 49.7 Å². The van der Waals surface area contributed by atoms with Crippen LogP contribution in [0.25, 0.3) is 105 Å². The van der Waals surface area contributed by atoms with Crippen LogP contribution in [0.5, 0.6) is 0 Å². The second-order valence-corrected chi connectivity index (χ2v) is 17.6. The van der Waals surface area contributed by atoms with Gasteiger partial charge in [-0.1, -0.05) is 206 Å². The number of anilines is 3. The zero-order chi connectivity index (χ0) is 45.7. The van der Waals surface area contributed by atoms with Crippen LogP contribution in [0.15, 0.2) is 271 Å². The molecule has 0 bridgehead atoms. The van der Waals surface area contributed by atoms with E-state index >= 15 is 0 Å². The summed E-state index contributed by atoms with van der Waals surface area (Å²) in [5, 5.41) is 4.70. The van der Waals surface area contributed by atoms with Crippen LogP contribution in [0.3, 0.4) is 0 Å². The Hall–Kier alpha value is -9.18. The van der Waals surface area contributed by atoms with E-state index < -0.39 is 0 Å². The maximum Gasteiger partial charge on any atom is 0.143 e. The molecule has 324 valence electrons. The Morgan fingerprint density at radius 1 is 0.304 bits per heavy atom. The van der Waals surface area contributed by atoms with E-state index in [4.69, 9.17) is 4.42 Å². The van der Waals surface area contributed by atoms with Gasteiger partial charge >= 0.3 is 0 Å². The Kier molecular flexibility index (Phi) is 9.84. The number of benzene rings is 11. The minimum Gasteiger partial charge on any atom is -0.455 e. The first-order valence-corrected chi connectivity index (χ1v) is 23.6. The third-order valence-electron chi connectivity index (χ3n) is 13.6. The van der Waals surface area contributed by atoms with Gasteiger partial charge < -0.3 is 13.9 Å². The topological polar surface area (TPSA) is 21.3 Å². The number of nitrogens with zero attached hydrogens (tertiary/aromatic N) is 2. The summed E-state index contributed by atoms with van der Waals surface area (Å²) in [5.74, 6) is 0. The summed E-state index contributed by atoms with van der Waals surface area (Å²) in [6, 6.07) is 96.1. The predicted molar refractivity (Wildman–Crippen MR) is 290 cm³/mol. The molecule has 0 atom stereocenters. The quantitative estimate of drug-likeness (QED) is 0.144. The lowest BCUT2D eigenvalue weighted by molar-refractivity contribution is 0.670. The van der Waals surface area contributed by atoms with Gasteiger partial charge in [-0.3, -0.25) is 0 Å². The minimum absolute atomic E-state index is 0.895. The van der Waals surface area contributed by atoms with Crippen molar-refractivity contribution in [1.29, 1.82) is 0 Å². The summed E-state index contributed by atoms with van der Waals surface area (Å²) in [4.78, 5) is 2.43. The van der Waals surface area contributed by atoms with Gasteiger partial charge in [-0.25, -0.2) is 0 Å². The molecule has 2 heterocycles. The normalized spacial score (nSPS) is 11.5. The lowest BCUT2D eigenvalue weighted by Gasteiger charge is -2.29. The highest BCUT2D eigenvalue weighted by Crippen LogP contribution is 2.47. The van der Waals surface area contributed by atoms with Gasteiger partial charge in [0.15, 0.2) is 0 Å². The van der Waals surface area contributed by atoms with Gasteiger partial charge in [0.1, 0.15) is 11.2 Å². The minimum atomic E-state index is 0.895. The second kappa shape index (κ2) is 16.9. The van der Waals surface area contributed by atoms with Crippen LogP contribution in [-0.2, 0) is 0 Å². The smallest absolute Gasteiger partial charge is 0.143 e. The Labute approximate surface area is 401 Å². The van der Waals surface area contributed by atoms with Crippen LogP contribution in [0.4, 0.5) is 17.1 Å². The number of para-hydroxylation sites is 5. The molecule has 0 aliphatic rings. The molecule has 0 spiro atoms. The maximum atomic E-state index is 6.53. The number of hydrogen-bond acceptors (Lipinski definition) is 2. The fourth-order valence-electron chi connectivity index (χ4n) is 10.6. The molecule has 2 aromatic heterocycles. The molecule has 3 heteroatoms. The number of aromatic nitrogens is 1. The Balaban J connectivity index is 1.00. The molecule has 0 saturated heterocycles. The molecule has 69 heavy (non-hydrogen) atoms. The zero-order valence-corrected chi connectivity index (χ0v) is 37.7. The van der Waals surface area contributed by atoms with Gasteiger partial charge in [-0.05, 0) is 105 Å². The highest BCUT2D eigenvalue weighted by atomic mass is 16.3. The van der Waals surface area contributed by atoms with Crippen molar-refractivity contribution in [3.05, 3.63) is 267 Å². The number of rotatable bonds is 9. The van der Waals surface area contributed by atoms with Crippen molar-refractivity contribution in [1.82, 2.24) is 4.57 Å². The third kappa shape index (κ3) is 6.91. The molecular weight excluding hydrogens is 837 g/mol. The Morgan fingerprint density at radius 3 is 1.62 bits per heavy atom. The van der Waals surface area contributed by atoms with Crippen LogP contribution in [0.2, 0.25) is 0 Å².